The van der Waals surface area contributed by atoms with Crippen LogP contribution in [-0.4, -0.2) is 30.6 Å². The van der Waals surface area contributed by atoms with Crippen molar-refractivity contribution in [1.82, 2.24) is 9.71 Å². The van der Waals surface area contributed by atoms with E-state index in [4.69, 9.17) is 0 Å². The number of nitrogens with zero attached hydrogens (tertiary/aromatic N) is 1. The smallest absolute Gasteiger partial charge is 0.224 e. The summed E-state index contributed by atoms with van der Waals surface area (Å²) < 4.78 is 25.6. The summed E-state index contributed by atoms with van der Waals surface area (Å²) in [6.45, 7) is 7.25. The van der Waals surface area contributed by atoms with Gasteiger partial charge >= 0.3 is 0 Å². The summed E-state index contributed by atoms with van der Waals surface area (Å²) in [5, 5.41) is 3.85. The SMILES string of the molecule is Cc1ccc2cc(NC(=O)CCCCNS(=O)(=O)C(C)(C)C)ccc2n1. The van der Waals surface area contributed by atoms with E-state index in [2.05, 4.69) is 15.0 Å². The molecule has 26 heavy (non-hydrogen) atoms. The fourth-order valence-corrected chi connectivity index (χ4v) is 3.21. The Morgan fingerprint density at radius 3 is 2.54 bits per heavy atom. The van der Waals surface area contributed by atoms with Crippen LogP contribution in [0.5, 0.6) is 0 Å². The number of sulfonamides is 1. The molecule has 1 amide bonds. The van der Waals surface area contributed by atoms with Crippen LogP contribution in [0.3, 0.4) is 0 Å². The molecule has 0 unspecified atom stereocenters. The molecule has 0 spiro atoms. The van der Waals surface area contributed by atoms with Crippen LogP contribution in [0, 0.1) is 6.92 Å². The number of benzene rings is 1. The van der Waals surface area contributed by atoms with Crippen molar-refractivity contribution in [2.75, 3.05) is 11.9 Å². The standard InChI is InChI=1S/C19H27N3O3S/c1-14-8-9-15-13-16(10-11-17(15)21-14)22-18(23)7-5-6-12-20-26(24,25)19(2,3)4/h8-11,13,20H,5-7,12H2,1-4H3,(H,22,23). The highest BCUT2D eigenvalue weighted by Crippen LogP contribution is 2.18. The Balaban J connectivity index is 1.78. The fraction of sp³-hybridized carbons (Fsp3) is 0.474. The van der Waals surface area contributed by atoms with Crippen LogP contribution in [0.15, 0.2) is 30.3 Å². The van der Waals surface area contributed by atoms with E-state index < -0.39 is 14.8 Å². The van der Waals surface area contributed by atoms with Gasteiger partial charge in [0.15, 0.2) is 0 Å². The number of fused-ring (bicyclic) bond motifs is 1. The number of hydrogen-bond donors (Lipinski definition) is 2. The lowest BCUT2D eigenvalue weighted by atomic mass is 10.1. The Bertz CT molecular complexity index is 887. The van der Waals surface area contributed by atoms with Gasteiger partial charge in [-0.1, -0.05) is 6.07 Å². The van der Waals surface area contributed by atoms with Crippen LogP contribution in [0.25, 0.3) is 10.9 Å². The predicted octanol–water partition coefficient (Wildman–Crippen LogP) is 3.37. The average molecular weight is 378 g/mol. The first-order valence-corrected chi connectivity index (χ1v) is 10.2. The Labute approximate surface area is 155 Å². The van der Waals surface area contributed by atoms with Crippen molar-refractivity contribution in [1.29, 1.82) is 0 Å². The number of amides is 1. The summed E-state index contributed by atoms with van der Waals surface area (Å²) in [6, 6.07) is 9.54. The van der Waals surface area contributed by atoms with Gasteiger partial charge in [-0.25, -0.2) is 13.1 Å². The summed E-state index contributed by atoms with van der Waals surface area (Å²) in [4.78, 5) is 16.5. The third-order valence-corrected chi connectivity index (χ3v) is 6.24. The van der Waals surface area contributed by atoms with E-state index in [1.54, 1.807) is 20.8 Å². The first kappa shape index (κ1) is 20.3. The highest BCUT2D eigenvalue weighted by atomic mass is 32.2. The normalized spacial score (nSPS) is 12.3. The fourth-order valence-electron chi connectivity index (χ4n) is 2.36. The minimum absolute atomic E-state index is 0.0805. The van der Waals surface area contributed by atoms with Gasteiger partial charge in [0.2, 0.25) is 15.9 Å². The first-order chi connectivity index (χ1) is 12.1. The number of aromatic nitrogens is 1. The van der Waals surface area contributed by atoms with Crippen LogP contribution in [0.4, 0.5) is 5.69 Å². The van der Waals surface area contributed by atoms with E-state index in [9.17, 15) is 13.2 Å². The van der Waals surface area contributed by atoms with Crippen molar-refractivity contribution >= 4 is 32.5 Å². The maximum Gasteiger partial charge on any atom is 0.224 e. The molecule has 0 saturated heterocycles. The van der Waals surface area contributed by atoms with E-state index in [1.165, 1.54) is 0 Å². The molecule has 0 aliphatic carbocycles. The van der Waals surface area contributed by atoms with Crippen molar-refractivity contribution in [3.8, 4) is 0 Å². The van der Waals surface area contributed by atoms with Crippen molar-refractivity contribution in [2.45, 2.75) is 51.7 Å². The summed E-state index contributed by atoms with van der Waals surface area (Å²) in [7, 11) is -3.33. The molecule has 2 aromatic rings. The number of carbonyl (C=O) groups is 1. The van der Waals surface area contributed by atoms with E-state index in [0.717, 1.165) is 22.3 Å². The molecule has 142 valence electrons. The van der Waals surface area contributed by atoms with E-state index in [-0.39, 0.29) is 5.91 Å². The molecule has 7 heteroatoms. The van der Waals surface area contributed by atoms with Crippen LogP contribution in [-0.2, 0) is 14.8 Å². The number of hydrogen-bond acceptors (Lipinski definition) is 4. The number of rotatable bonds is 7. The molecule has 1 aromatic heterocycles. The molecule has 0 saturated carbocycles. The Morgan fingerprint density at radius 1 is 1.12 bits per heavy atom. The third-order valence-electron chi connectivity index (χ3n) is 4.04. The van der Waals surface area contributed by atoms with E-state index in [0.29, 0.717) is 25.8 Å². The van der Waals surface area contributed by atoms with Crippen LogP contribution < -0.4 is 10.0 Å². The monoisotopic (exact) mass is 377 g/mol. The second-order valence-electron chi connectivity index (χ2n) is 7.38. The van der Waals surface area contributed by atoms with E-state index in [1.807, 2.05) is 37.3 Å². The number of aryl methyl sites for hydroxylation is 1. The first-order valence-electron chi connectivity index (χ1n) is 8.75. The highest BCUT2D eigenvalue weighted by Gasteiger charge is 2.27. The van der Waals surface area contributed by atoms with Gasteiger partial charge < -0.3 is 5.32 Å². The second kappa shape index (κ2) is 8.14. The number of pyridine rings is 1. The predicted molar refractivity (Wildman–Crippen MR) is 106 cm³/mol. The molecule has 0 aliphatic rings. The van der Waals surface area contributed by atoms with Crippen molar-refractivity contribution in [3.63, 3.8) is 0 Å². The van der Waals surface area contributed by atoms with Crippen molar-refractivity contribution in [2.24, 2.45) is 0 Å². The molecule has 2 N–H and O–H groups in total. The summed E-state index contributed by atoms with van der Waals surface area (Å²) >= 11 is 0. The molecule has 2 rings (SSSR count). The molecule has 1 aromatic carbocycles. The maximum absolute atomic E-state index is 12.1. The second-order valence-corrected chi connectivity index (χ2v) is 9.90. The van der Waals surface area contributed by atoms with Crippen molar-refractivity contribution < 1.29 is 13.2 Å². The minimum atomic E-state index is -3.33. The van der Waals surface area contributed by atoms with Gasteiger partial charge in [0, 0.05) is 29.7 Å². The highest BCUT2D eigenvalue weighted by molar-refractivity contribution is 7.90. The maximum atomic E-state index is 12.1. The summed E-state index contributed by atoms with van der Waals surface area (Å²) in [5.41, 5.74) is 2.59. The zero-order chi connectivity index (χ0) is 19.4. The third kappa shape index (κ3) is 5.51. The Hall–Kier alpha value is -1.99. The lowest BCUT2D eigenvalue weighted by molar-refractivity contribution is -0.116. The number of carbonyl (C=O) groups excluding carboxylic acids is 1. The zero-order valence-electron chi connectivity index (χ0n) is 15.8. The lowest BCUT2D eigenvalue weighted by Gasteiger charge is -2.19. The van der Waals surface area contributed by atoms with Gasteiger partial charge in [0.1, 0.15) is 0 Å². The molecule has 0 atom stereocenters. The van der Waals surface area contributed by atoms with Gasteiger partial charge in [0.25, 0.3) is 0 Å². The van der Waals surface area contributed by atoms with Gasteiger partial charge in [-0.2, -0.15) is 0 Å². The van der Waals surface area contributed by atoms with Crippen LogP contribution in [0.1, 0.15) is 45.7 Å². The molecule has 0 radical (unpaired) electrons. The average Bonchev–Trinajstić information content (AvgIpc) is 2.53. The Morgan fingerprint density at radius 2 is 1.85 bits per heavy atom. The summed E-state index contributed by atoms with van der Waals surface area (Å²) in [5.74, 6) is -0.0805. The molecule has 0 fully saturated rings. The molecular weight excluding hydrogens is 350 g/mol. The topological polar surface area (TPSA) is 88.2 Å². The number of nitrogens with one attached hydrogen (secondary N) is 2. The van der Waals surface area contributed by atoms with Gasteiger partial charge in [-0.3, -0.25) is 9.78 Å². The molecule has 6 nitrogen and oxygen atoms in total. The lowest BCUT2D eigenvalue weighted by Crippen LogP contribution is -2.39. The molecule has 0 aliphatic heterocycles. The summed E-state index contributed by atoms with van der Waals surface area (Å²) in [6.07, 6.45) is 1.58. The largest absolute Gasteiger partial charge is 0.326 e. The zero-order valence-corrected chi connectivity index (χ0v) is 16.6. The van der Waals surface area contributed by atoms with Crippen molar-refractivity contribution in [3.05, 3.63) is 36.0 Å². The van der Waals surface area contributed by atoms with Gasteiger partial charge in [-0.05, 0) is 64.8 Å². The minimum Gasteiger partial charge on any atom is -0.326 e. The van der Waals surface area contributed by atoms with Crippen LogP contribution >= 0.6 is 0 Å². The van der Waals surface area contributed by atoms with Crippen LogP contribution in [0.2, 0.25) is 0 Å². The molecular formula is C19H27N3O3S. The Kier molecular flexibility index (Phi) is 6.36. The number of unbranched alkanes of at least 4 members (excludes halogenated alkanes) is 1. The molecule has 0 bridgehead atoms. The number of anilines is 1. The molecule has 1 heterocycles. The quantitative estimate of drug-likeness (QED) is 0.724. The van der Waals surface area contributed by atoms with Gasteiger partial charge in [0.05, 0.1) is 10.3 Å². The van der Waals surface area contributed by atoms with E-state index >= 15 is 0 Å². The van der Waals surface area contributed by atoms with Gasteiger partial charge in [-0.15, -0.1) is 0 Å².